The van der Waals surface area contributed by atoms with E-state index in [2.05, 4.69) is 10.6 Å². The Morgan fingerprint density at radius 2 is 1.63 bits per heavy atom. The Kier molecular flexibility index (Phi) is 8.42. The van der Waals surface area contributed by atoms with Gasteiger partial charge in [0.25, 0.3) is 12.3 Å². The molecule has 3 aliphatic carbocycles. The van der Waals surface area contributed by atoms with Crippen molar-refractivity contribution in [2.45, 2.75) is 63.5 Å². The molecule has 11 heteroatoms. The van der Waals surface area contributed by atoms with Crippen LogP contribution in [0.3, 0.4) is 0 Å². The van der Waals surface area contributed by atoms with Gasteiger partial charge in [0.15, 0.2) is 11.6 Å². The highest BCUT2D eigenvalue weighted by molar-refractivity contribution is 5.99. The largest absolute Gasteiger partial charge is 0.496 e. The zero-order valence-corrected chi connectivity index (χ0v) is 22.6. The Morgan fingerprint density at radius 1 is 0.951 bits per heavy atom. The van der Waals surface area contributed by atoms with Crippen molar-refractivity contribution in [1.82, 2.24) is 5.32 Å². The van der Waals surface area contributed by atoms with Gasteiger partial charge in [-0.15, -0.1) is 0 Å². The van der Waals surface area contributed by atoms with Crippen LogP contribution in [0.15, 0.2) is 36.4 Å². The molecule has 0 aromatic heterocycles. The molecule has 0 aliphatic heterocycles. The number of amides is 2. The topological polar surface area (TPSA) is 114 Å². The summed E-state index contributed by atoms with van der Waals surface area (Å²) in [5.41, 5.74) is 0.317. The lowest BCUT2D eigenvalue weighted by Crippen LogP contribution is -2.48. The van der Waals surface area contributed by atoms with E-state index >= 15 is 0 Å². The number of ether oxygens (including phenoxy) is 2. The van der Waals surface area contributed by atoms with E-state index in [0.717, 1.165) is 25.3 Å². The van der Waals surface area contributed by atoms with Gasteiger partial charge in [0, 0.05) is 23.4 Å². The van der Waals surface area contributed by atoms with Gasteiger partial charge < -0.3 is 25.2 Å². The summed E-state index contributed by atoms with van der Waals surface area (Å²) in [4.78, 5) is 38.1. The number of aliphatic carboxylic acids is 1. The molecule has 2 aromatic carbocycles. The summed E-state index contributed by atoms with van der Waals surface area (Å²) >= 11 is 0. The highest BCUT2D eigenvalue weighted by atomic mass is 19.3. The molecule has 3 fully saturated rings. The molecule has 41 heavy (non-hydrogen) atoms. The number of nitrogens with one attached hydrogen (secondary N) is 2. The summed E-state index contributed by atoms with van der Waals surface area (Å²) in [6.07, 6.45) is 1.26. The molecule has 2 bridgehead atoms. The van der Waals surface area contributed by atoms with Crippen molar-refractivity contribution in [2.24, 2.45) is 23.7 Å². The molecule has 220 valence electrons. The highest BCUT2D eigenvalue weighted by Crippen LogP contribution is 2.49. The van der Waals surface area contributed by atoms with E-state index in [0.29, 0.717) is 31.4 Å². The third-order valence-electron chi connectivity index (χ3n) is 8.76. The van der Waals surface area contributed by atoms with E-state index in [1.807, 2.05) is 0 Å². The summed E-state index contributed by atoms with van der Waals surface area (Å²) in [7, 11) is 1.33. The number of carbonyl (C=O) groups excluding carboxylic acids is 2. The number of methoxy groups -OCH3 is 1. The van der Waals surface area contributed by atoms with E-state index < -0.39 is 42.0 Å². The van der Waals surface area contributed by atoms with Crippen LogP contribution < -0.4 is 20.1 Å². The van der Waals surface area contributed by atoms with E-state index in [1.165, 1.54) is 37.4 Å². The van der Waals surface area contributed by atoms with Crippen LogP contribution in [0, 0.1) is 29.5 Å². The Hall–Kier alpha value is -3.76. The second-order valence-electron chi connectivity index (χ2n) is 11.2. The fourth-order valence-corrected chi connectivity index (χ4v) is 6.62. The number of hydrogen-bond donors (Lipinski definition) is 3. The average molecular weight is 575 g/mol. The minimum absolute atomic E-state index is 0.0187. The lowest BCUT2D eigenvalue weighted by molar-refractivity contribution is -0.143. The van der Waals surface area contributed by atoms with Gasteiger partial charge in [-0.1, -0.05) is 12.1 Å². The maximum absolute atomic E-state index is 14.9. The number of benzene rings is 2. The Balaban J connectivity index is 1.30. The molecule has 2 aromatic rings. The predicted molar refractivity (Wildman–Crippen MR) is 143 cm³/mol. The normalized spacial score (nSPS) is 27.0. The van der Waals surface area contributed by atoms with Crippen molar-refractivity contribution < 1.29 is 42.1 Å². The molecule has 0 saturated heterocycles. The molecule has 0 heterocycles. The number of hydrogen-bond acceptors (Lipinski definition) is 5. The standard InChI is InChI=1S/C30H33F3N2O6/c1-40-23-14-22(31)24(41-20-10-6-16(7-11-20)30(38)39)13-21(23)28(36)35-26-18-3-2-17(12-18)25(26)29(37)34-19-8-4-15(5-9-19)27(32)33/h4-5,8-9,13-14,16-18,20,25-27H,2-3,6-7,10-12H2,1H3,(H,34,37)(H,35,36)(H,38,39). The minimum atomic E-state index is -2.61. The number of anilines is 1. The number of carbonyl (C=O) groups is 3. The molecule has 2 amide bonds. The van der Waals surface area contributed by atoms with Crippen LogP contribution in [0.4, 0.5) is 18.9 Å². The summed E-state index contributed by atoms with van der Waals surface area (Å²) < 4.78 is 51.8. The maximum atomic E-state index is 14.9. The molecular formula is C30H33F3N2O6. The molecule has 4 unspecified atom stereocenters. The first kappa shape index (κ1) is 28.8. The van der Waals surface area contributed by atoms with Crippen molar-refractivity contribution >= 4 is 23.5 Å². The molecule has 3 saturated carbocycles. The van der Waals surface area contributed by atoms with Gasteiger partial charge in [-0.25, -0.2) is 13.2 Å². The SMILES string of the molecule is COc1cc(F)c(OC2CCC(C(=O)O)CC2)cc1C(=O)NC1C2CCC(C2)C1C(=O)Nc1ccc(C(F)F)cc1. The van der Waals surface area contributed by atoms with E-state index in [-0.39, 0.29) is 46.5 Å². The lowest BCUT2D eigenvalue weighted by Gasteiger charge is -2.31. The van der Waals surface area contributed by atoms with Crippen LogP contribution in [0.25, 0.3) is 0 Å². The quantitative estimate of drug-likeness (QED) is 0.361. The van der Waals surface area contributed by atoms with Gasteiger partial charge >= 0.3 is 5.97 Å². The Bertz CT molecular complexity index is 1300. The average Bonchev–Trinajstić information content (AvgIpc) is 3.56. The van der Waals surface area contributed by atoms with Crippen molar-refractivity contribution in [3.8, 4) is 11.5 Å². The highest BCUT2D eigenvalue weighted by Gasteiger charge is 2.51. The van der Waals surface area contributed by atoms with Crippen LogP contribution in [0.1, 0.15) is 67.3 Å². The van der Waals surface area contributed by atoms with Crippen LogP contribution >= 0.6 is 0 Å². The van der Waals surface area contributed by atoms with Crippen LogP contribution in [-0.2, 0) is 9.59 Å². The molecule has 4 atom stereocenters. The molecule has 8 nitrogen and oxygen atoms in total. The number of halogens is 3. The molecule has 0 spiro atoms. The van der Waals surface area contributed by atoms with Crippen LogP contribution in [0.5, 0.6) is 11.5 Å². The second-order valence-corrected chi connectivity index (χ2v) is 11.2. The fraction of sp³-hybridized carbons (Fsp3) is 0.500. The van der Waals surface area contributed by atoms with Gasteiger partial charge in [0.1, 0.15) is 5.75 Å². The van der Waals surface area contributed by atoms with E-state index in [9.17, 15) is 32.7 Å². The van der Waals surface area contributed by atoms with Crippen LogP contribution in [-0.4, -0.2) is 42.1 Å². The first-order valence-electron chi connectivity index (χ1n) is 13.9. The number of carboxylic acid groups (broad SMARTS) is 1. The summed E-state index contributed by atoms with van der Waals surface area (Å²) in [5, 5.41) is 15.0. The maximum Gasteiger partial charge on any atom is 0.306 e. The van der Waals surface area contributed by atoms with Gasteiger partial charge in [0.2, 0.25) is 5.91 Å². The molecule has 3 N–H and O–H groups in total. The molecule has 5 rings (SSSR count). The second kappa shape index (κ2) is 12.0. The van der Waals surface area contributed by atoms with Crippen molar-refractivity contribution in [1.29, 1.82) is 0 Å². The molecule has 3 aliphatic rings. The lowest BCUT2D eigenvalue weighted by atomic mass is 9.83. The van der Waals surface area contributed by atoms with Gasteiger partial charge in [-0.05, 0) is 75.0 Å². The predicted octanol–water partition coefficient (Wildman–Crippen LogP) is 5.58. The number of alkyl halides is 2. The Labute approximate surface area is 235 Å². The smallest absolute Gasteiger partial charge is 0.306 e. The molecular weight excluding hydrogens is 541 g/mol. The van der Waals surface area contributed by atoms with Gasteiger partial charge in [0.05, 0.1) is 30.6 Å². The Morgan fingerprint density at radius 3 is 2.27 bits per heavy atom. The minimum Gasteiger partial charge on any atom is -0.496 e. The zero-order chi connectivity index (χ0) is 29.3. The summed E-state index contributed by atoms with van der Waals surface area (Å²) in [6, 6.07) is 7.29. The van der Waals surface area contributed by atoms with Gasteiger partial charge in [-0.2, -0.15) is 0 Å². The first-order valence-corrected chi connectivity index (χ1v) is 13.9. The van der Waals surface area contributed by atoms with Gasteiger partial charge in [-0.3, -0.25) is 14.4 Å². The van der Waals surface area contributed by atoms with Crippen molar-refractivity contribution in [3.05, 3.63) is 53.3 Å². The third-order valence-corrected chi connectivity index (χ3v) is 8.76. The van der Waals surface area contributed by atoms with Crippen molar-refractivity contribution in [3.63, 3.8) is 0 Å². The third kappa shape index (κ3) is 6.13. The number of carboxylic acids is 1. The van der Waals surface area contributed by atoms with E-state index in [4.69, 9.17) is 9.47 Å². The summed E-state index contributed by atoms with van der Waals surface area (Å²) in [5.74, 6) is -3.27. The van der Waals surface area contributed by atoms with Crippen molar-refractivity contribution in [2.75, 3.05) is 12.4 Å². The first-order chi connectivity index (χ1) is 19.6. The van der Waals surface area contributed by atoms with E-state index in [1.54, 1.807) is 0 Å². The van der Waals surface area contributed by atoms with Crippen LogP contribution in [0.2, 0.25) is 0 Å². The fourth-order valence-electron chi connectivity index (χ4n) is 6.62. The summed E-state index contributed by atoms with van der Waals surface area (Å²) in [6.45, 7) is 0. The zero-order valence-electron chi connectivity index (χ0n) is 22.6. The number of rotatable bonds is 9. The monoisotopic (exact) mass is 574 g/mol. The number of fused-ring (bicyclic) bond motifs is 2. The molecule has 0 radical (unpaired) electrons.